The average molecular weight is 405 g/mol. The number of hydrogen-bond donors (Lipinski definition) is 2. The van der Waals surface area contributed by atoms with Crippen LogP contribution in [-0.4, -0.2) is 46.4 Å². The van der Waals surface area contributed by atoms with Gasteiger partial charge in [0.1, 0.15) is 32.2 Å². The van der Waals surface area contributed by atoms with Gasteiger partial charge in [-0.3, -0.25) is 0 Å². The fraction of sp³-hybridized carbons (Fsp3) is 0.455. The molecule has 0 bridgehead atoms. The van der Waals surface area contributed by atoms with Gasteiger partial charge in [-0.25, -0.2) is 0 Å². The van der Waals surface area contributed by atoms with E-state index in [9.17, 15) is 0 Å². The van der Waals surface area contributed by atoms with Crippen molar-refractivity contribution in [1.29, 1.82) is 0 Å². The van der Waals surface area contributed by atoms with Crippen molar-refractivity contribution in [2.75, 3.05) is 46.4 Å². The fourth-order valence-electron chi connectivity index (χ4n) is 4.46. The molecular weight excluding hydrogens is 376 g/mol. The van der Waals surface area contributed by atoms with E-state index in [0.717, 1.165) is 24.5 Å². The van der Waals surface area contributed by atoms with Gasteiger partial charge in [-0.2, -0.15) is 0 Å². The van der Waals surface area contributed by atoms with Crippen LogP contribution in [0.5, 0.6) is 0 Å². The van der Waals surface area contributed by atoms with Crippen LogP contribution in [0.4, 0.5) is 0 Å². The lowest BCUT2D eigenvalue weighted by molar-refractivity contribution is -1.03. The first kappa shape index (κ1) is 19.3. The van der Waals surface area contributed by atoms with E-state index in [1.54, 1.807) is 16.9 Å². The summed E-state index contributed by atoms with van der Waals surface area (Å²) in [7, 11) is 1.79. The molecule has 2 aliphatic rings. The molecule has 2 aromatic carbocycles. The lowest BCUT2D eigenvalue weighted by atomic mass is 9.96. The van der Waals surface area contributed by atoms with Crippen molar-refractivity contribution in [3.8, 4) is 0 Å². The molecule has 0 saturated carbocycles. The van der Waals surface area contributed by atoms with Crippen LogP contribution in [0.1, 0.15) is 23.6 Å². The Hall–Kier alpha value is -1.04. The van der Waals surface area contributed by atoms with Crippen molar-refractivity contribution in [2.45, 2.75) is 28.7 Å². The molecule has 2 heterocycles. The van der Waals surface area contributed by atoms with Gasteiger partial charge in [-0.15, -0.1) is 0 Å². The molecule has 1 fully saturated rings. The molecule has 2 aromatic rings. The topological polar surface area (TPSA) is 18.1 Å². The Bertz CT molecular complexity index is 777. The first-order valence-corrected chi connectivity index (χ1v) is 11.2. The predicted molar refractivity (Wildman–Crippen MR) is 111 cm³/mol. The van der Waals surface area contributed by atoms with Crippen molar-refractivity contribution in [1.82, 2.24) is 0 Å². The highest BCUT2D eigenvalue weighted by Gasteiger charge is 2.34. The van der Waals surface area contributed by atoms with Gasteiger partial charge in [-0.1, -0.05) is 41.6 Å². The van der Waals surface area contributed by atoms with E-state index in [-0.39, 0.29) is 0 Å². The van der Waals surface area contributed by atoms with E-state index in [2.05, 4.69) is 36.4 Å². The SMILES string of the molecule is COCCC[NH+]1CC[NH+]([C@@H]2Cc3ccccc3Sc3ccc(Cl)cc32)CC1. The number of rotatable bonds is 5. The second kappa shape index (κ2) is 8.97. The molecule has 0 aliphatic carbocycles. The highest BCUT2D eigenvalue weighted by Crippen LogP contribution is 2.40. The summed E-state index contributed by atoms with van der Waals surface area (Å²) in [6, 6.07) is 15.8. The van der Waals surface area contributed by atoms with Crippen LogP contribution in [-0.2, 0) is 11.2 Å². The standard InChI is InChI=1S/C22H27ClN2OS/c1-26-14-4-9-24-10-12-25(13-11-24)20-15-17-5-2-3-6-21(17)27-22-8-7-18(23)16-19(20)22/h2-3,5-8,16,20H,4,9-15H2,1H3/p+2/t20-/m1/s1. The Labute approximate surface area is 171 Å². The molecule has 0 spiro atoms. The number of fused-ring (bicyclic) bond motifs is 2. The molecular formula is C22H29ClN2OS+2. The second-order valence-electron chi connectivity index (χ2n) is 7.65. The molecule has 27 heavy (non-hydrogen) atoms. The molecule has 0 radical (unpaired) electrons. The Morgan fingerprint density at radius 1 is 1.07 bits per heavy atom. The van der Waals surface area contributed by atoms with Gasteiger partial charge in [0.15, 0.2) is 0 Å². The Morgan fingerprint density at radius 3 is 2.70 bits per heavy atom. The molecule has 1 atom stereocenters. The van der Waals surface area contributed by atoms with Crippen molar-refractivity contribution in [2.24, 2.45) is 0 Å². The van der Waals surface area contributed by atoms with Crippen molar-refractivity contribution in [3.63, 3.8) is 0 Å². The maximum Gasteiger partial charge on any atom is 0.128 e. The summed E-state index contributed by atoms with van der Waals surface area (Å²) in [5.74, 6) is 0. The van der Waals surface area contributed by atoms with Crippen LogP contribution in [0, 0.1) is 0 Å². The molecule has 144 valence electrons. The minimum absolute atomic E-state index is 0.496. The molecule has 2 aliphatic heterocycles. The highest BCUT2D eigenvalue weighted by atomic mass is 35.5. The average Bonchev–Trinajstić information content (AvgIpc) is 2.85. The molecule has 3 nitrogen and oxygen atoms in total. The number of hydrogen-bond acceptors (Lipinski definition) is 2. The third-order valence-electron chi connectivity index (χ3n) is 5.93. The summed E-state index contributed by atoms with van der Waals surface area (Å²) >= 11 is 8.31. The van der Waals surface area contributed by atoms with E-state index in [1.807, 2.05) is 17.8 Å². The number of halogens is 1. The Kier molecular flexibility index (Phi) is 6.41. The summed E-state index contributed by atoms with van der Waals surface area (Å²) < 4.78 is 5.21. The van der Waals surface area contributed by atoms with Crippen LogP contribution in [0.15, 0.2) is 52.3 Å². The molecule has 5 heteroatoms. The largest absolute Gasteiger partial charge is 0.384 e. The van der Waals surface area contributed by atoms with Crippen LogP contribution < -0.4 is 9.80 Å². The number of nitrogens with one attached hydrogen (secondary N) is 2. The smallest absolute Gasteiger partial charge is 0.128 e. The van der Waals surface area contributed by atoms with E-state index in [1.165, 1.54) is 53.6 Å². The maximum absolute atomic E-state index is 6.41. The van der Waals surface area contributed by atoms with E-state index >= 15 is 0 Å². The van der Waals surface area contributed by atoms with E-state index in [4.69, 9.17) is 16.3 Å². The lowest BCUT2D eigenvalue weighted by Crippen LogP contribution is -3.28. The van der Waals surface area contributed by atoms with E-state index < -0.39 is 0 Å². The summed E-state index contributed by atoms with van der Waals surface area (Å²) in [6.07, 6.45) is 2.26. The molecule has 4 rings (SSSR count). The summed E-state index contributed by atoms with van der Waals surface area (Å²) in [5.41, 5.74) is 2.91. The monoisotopic (exact) mass is 404 g/mol. The molecule has 2 N–H and O–H groups in total. The zero-order valence-corrected chi connectivity index (χ0v) is 17.5. The van der Waals surface area contributed by atoms with Crippen molar-refractivity contribution >= 4 is 23.4 Å². The van der Waals surface area contributed by atoms with Crippen LogP contribution in [0.2, 0.25) is 5.02 Å². The Balaban J connectivity index is 1.54. The summed E-state index contributed by atoms with van der Waals surface area (Å²) in [4.78, 5) is 6.21. The van der Waals surface area contributed by atoms with E-state index in [0.29, 0.717) is 6.04 Å². The lowest BCUT2D eigenvalue weighted by Gasteiger charge is -2.35. The molecule has 0 amide bonds. The molecule has 1 saturated heterocycles. The van der Waals surface area contributed by atoms with Crippen molar-refractivity contribution < 1.29 is 14.5 Å². The fourth-order valence-corrected chi connectivity index (χ4v) is 5.76. The van der Waals surface area contributed by atoms with Gasteiger partial charge in [0.05, 0.1) is 13.2 Å². The zero-order chi connectivity index (χ0) is 18.6. The van der Waals surface area contributed by atoms with Crippen LogP contribution >= 0.6 is 23.4 Å². The van der Waals surface area contributed by atoms with Gasteiger partial charge in [-0.05, 0) is 29.8 Å². The quantitative estimate of drug-likeness (QED) is 0.741. The number of quaternary nitrogens is 2. The first-order valence-electron chi connectivity index (χ1n) is 9.97. The maximum atomic E-state index is 6.41. The Morgan fingerprint density at radius 2 is 1.89 bits per heavy atom. The molecule has 0 aromatic heterocycles. The number of piperazine rings is 1. The van der Waals surface area contributed by atoms with Gasteiger partial charge in [0.2, 0.25) is 0 Å². The minimum Gasteiger partial charge on any atom is -0.384 e. The number of methoxy groups -OCH3 is 1. The second-order valence-corrected chi connectivity index (χ2v) is 9.17. The highest BCUT2D eigenvalue weighted by molar-refractivity contribution is 7.99. The van der Waals surface area contributed by atoms with Gasteiger partial charge >= 0.3 is 0 Å². The third-order valence-corrected chi connectivity index (χ3v) is 7.38. The predicted octanol–water partition coefficient (Wildman–Crippen LogP) is 1.91. The first-order chi connectivity index (χ1) is 13.2. The minimum atomic E-state index is 0.496. The van der Waals surface area contributed by atoms with Gasteiger partial charge in [0.25, 0.3) is 0 Å². The normalized spacial score (nSPS) is 24.7. The third kappa shape index (κ3) is 4.52. The molecule has 0 unspecified atom stereocenters. The number of ether oxygens (including phenoxy) is 1. The van der Waals surface area contributed by atoms with Crippen molar-refractivity contribution in [3.05, 3.63) is 58.6 Å². The summed E-state index contributed by atoms with van der Waals surface area (Å²) in [6.45, 7) is 7.06. The zero-order valence-electron chi connectivity index (χ0n) is 16.0. The van der Waals surface area contributed by atoms with Gasteiger partial charge < -0.3 is 14.5 Å². The van der Waals surface area contributed by atoms with Crippen LogP contribution in [0.3, 0.4) is 0 Å². The summed E-state index contributed by atoms with van der Waals surface area (Å²) in [5, 5.41) is 0.855. The number of benzene rings is 2. The van der Waals surface area contributed by atoms with Crippen LogP contribution in [0.25, 0.3) is 0 Å². The van der Waals surface area contributed by atoms with Gasteiger partial charge in [0, 0.05) is 40.3 Å².